The molecule has 0 aliphatic heterocycles. The number of hydrogen-bond acceptors (Lipinski definition) is 3. The van der Waals surface area contributed by atoms with Crippen molar-refractivity contribution in [1.82, 2.24) is 4.98 Å². The maximum Gasteiger partial charge on any atom is 0.274 e. The first-order chi connectivity index (χ1) is 13.4. The topological polar surface area (TPSA) is 71.1 Å². The van der Waals surface area contributed by atoms with Gasteiger partial charge in [0.05, 0.1) is 17.8 Å². The summed E-state index contributed by atoms with van der Waals surface area (Å²) in [5.74, 6) is -1.52. The number of hydrogen-bond donors (Lipinski definition) is 2. The van der Waals surface area contributed by atoms with E-state index in [0.717, 1.165) is 6.07 Å². The van der Waals surface area contributed by atoms with E-state index < -0.39 is 17.6 Å². The van der Waals surface area contributed by atoms with Gasteiger partial charge < -0.3 is 10.6 Å². The number of nitrogens with zero attached hydrogens (tertiary/aromatic N) is 1. The Morgan fingerprint density at radius 1 is 0.929 bits per heavy atom. The quantitative estimate of drug-likeness (QED) is 0.615. The normalized spacial score (nSPS) is 10.4. The Hall–Kier alpha value is -2.96. The van der Waals surface area contributed by atoms with Crippen molar-refractivity contribution in [2.75, 3.05) is 10.6 Å². The van der Waals surface area contributed by atoms with Crippen LogP contribution in [0.1, 0.15) is 16.1 Å². The van der Waals surface area contributed by atoms with Crippen LogP contribution in [0.3, 0.4) is 0 Å². The molecule has 0 fully saturated rings. The van der Waals surface area contributed by atoms with Gasteiger partial charge in [-0.15, -0.1) is 0 Å². The molecule has 3 aromatic rings. The van der Waals surface area contributed by atoms with Crippen molar-refractivity contribution in [3.05, 3.63) is 87.9 Å². The van der Waals surface area contributed by atoms with Crippen LogP contribution in [0, 0.1) is 5.82 Å². The van der Waals surface area contributed by atoms with Gasteiger partial charge in [-0.3, -0.25) is 14.6 Å². The fourth-order valence-corrected chi connectivity index (χ4v) is 3.00. The molecule has 28 heavy (non-hydrogen) atoms. The molecule has 2 aromatic carbocycles. The van der Waals surface area contributed by atoms with Crippen molar-refractivity contribution in [3.8, 4) is 0 Å². The molecule has 2 N–H and O–H groups in total. The van der Waals surface area contributed by atoms with Crippen LogP contribution >= 0.6 is 23.2 Å². The number of pyridine rings is 1. The molecule has 0 aliphatic carbocycles. The van der Waals surface area contributed by atoms with E-state index in [9.17, 15) is 14.0 Å². The van der Waals surface area contributed by atoms with Gasteiger partial charge in [0.2, 0.25) is 5.91 Å². The van der Waals surface area contributed by atoms with E-state index in [-0.39, 0.29) is 23.5 Å². The van der Waals surface area contributed by atoms with Crippen LogP contribution < -0.4 is 10.6 Å². The number of aromatic nitrogens is 1. The molecule has 0 bridgehead atoms. The van der Waals surface area contributed by atoms with Crippen LogP contribution in [0.25, 0.3) is 0 Å². The van der Waals surface area contributed by atoms with Gasteiger partial charge in [0, 0.05) is 16.2 Å². The second-order valence-electron chi connectivity index (χ2n) is 5.78. The number of carbonyl (C=O) groups excluding carboxylic acids is 2. The third kappa shape index (κ3) is 4.85. The second-order valence-corrected chi connectivity index (χ2v) is 6.60. The summed E-state index contributed by atoms with van der Waals surface area (Å²) in [5.41, 5.74) is 0.985. The molecule has 1 aromatic heterocycles. The summed E-state index contributed by atoms with van der Waals surface area (Å²) in [4.78, 5) is 28.7. The number of halogens is 3. The van der Waals surface area contributed by atoms with E-state index >= 15 is 0 Å². The SMILES string of the molecule is O=C(Cc1c(Cl)cccc1Cl)Nc1cc(F)ccc1NC(=O)c1ccccn1. The number of carbonyl (C=O) groups is 2. The summed E-state index contributed by atoms with van der Waals surface area (Å²) in [7, 11) is 0. The minimum absolute atomic E-state index is 0.108. The molecule has 3 rings (SSSR count). The number of benzene rings is 2. The first kappa shape index (κ1) is 19.8. The molecule has 142 valence electrons. The fraction of sp³-hybridized carbons (Fsp3) is 0.0500. The van der Waals surface area contributed by atoms with Crippen LogP contribution in [-0.4, -0.2) is 16.8 Å². The molecule has 0 saturated heterocycles. The monoisotopic (exact) mass is 417 g/mol. The molecule has 0 atom stereocenters. The van der Waals surface area contributed by atoms with Crippen molar-refractivity contribution in [3.63, 3.8) is 0 Å². The summed E-state index contributed by atoms with van der Waals surface area (Å²) in [6.07, 6.45) is 1.37. The predicted molar refractivity (Wildman–Crippen MR) is 107 cm³/mol. The molecular weight excluding hydrogens is 404 g/mol. The zero-order valence-electron chi connectivity index (χ0n) is 14.4. The Morgan fingerprint density at radius 2 is 1.68 bits per heavy atom. The molecule has 8 heteroatoms. The summed E-state index contributed by atoms with van der Waals surface area (Å²) in [5, 5.41) is 5.90. The average molecular weight is 418 g/mol. The zero-order chi connectivity index (χ0) is 20.1. The molecular formula is C20H14Cl2FN3O2. The van der Waals surface area contributed by atoms with Crippen molar-refractivity contribution in [1.29, 1.82) is 0 Å². The standard InChI is InChI=1S/C20H14Cl2FN3O2/c21-14-4-3-5-15(22)13(14)11-19(27)25-18-10-12(23)7-8-16(18)26-20(28)17-6-1-2-9-24-17/h1-10H,11H2,(H,25,27)(H,26,28). The number of amides is 2. The molecule has 0 aliphatic rings. The van der Waals surface area contributed by atoms with Crippen LogP contribution in [-0.2, 0) is 11.2 Å². The Bertz CT molecular complexity index is 1010. The van der Waals surface area contributed by atoms with Gasteiger partial charge >= 0.3 is 0 Å². The number of anilines is 2. The van der Waals surface area contributed by atoms with E-state index in [4.69, 9.17) is 23.2 Å². The highest BCUT2D eigenvalue weighted by Gasteiger charge is 2.15. The van der Waals surface area contributed by atoms with Gasteiger partial charge in [-0.25, -0.2) is 4.39 Å². The Morgan fingerprint density at radius 3 is 2.36 bits per heavy atom. The summed E-state index contributed by atoms with van der Waals surface area (Å²) >= 11 is 12.2. The third-order valence-electron chi connectivity index (χ3n) is 3.80. The molecule has 2 amide bonds. The molecule has 0 unspecified atom stereocenters. The van der Waals surface area contributed by atoms with Crippen LogP contribution in [0.4, 0.5) is 15.8 Å². The lowest BCUT2D eigenvalue weighted by Crippen LogP contribution is -2.19. The fourth-order valence-electron chi connectivity index (χ4n) is 2.47. The van der Waals surface area contributed by atoms with Crippen molar-refractivity contribution in [2.24, 2.45) is 0 Å². The van der Waals surface area contributed by atoms with Gasteiger partial charge in [0.15, 0.2) is 0 Å². The van der Waals surface area contributed by atoms with E-state index in [0.29, 0.717) is 15.6 Å². The average Bonchev–Trinajstić information content (AvgIpc) is 2.67. The largest absolute Gasteiger partial charge is 0.324 e. The molecule has 5 nitrogen and oxygen atoms in total. The Balaban J connectivity index is 1.79. The highest BCUT2D eigenvalue weighted by atomic mass is 35.5. The minimum atomic E-state index is -0.568. The lowest BCUT2D eigenvalue weighted by atomic mass is 10.1. The van der Waals surface area contributed by atoms with Gasteiger partial charge in [-0.05, 0) is 48.0 Å². The van der Waals surface area contributed by atoms with E-state index in [1.54, 1.807) is 30.3 Å². The minimum Gasteiger partial charge on any atom is -0.324 e. The van der Waals surface area contributed by atoms with Gasteiger partial charge in [0.25, 0.3) is 5.91 Å². The van der Waals surface area contributed by atoms with Gasteiger partial charge in [-0.2, -0.15) is 0 Å². The Labute approximate surface area is 170 Å². The molecule has 0 saturated carbocycles. The molecule has 1 heterocycles. The van der Waals surface area contributed by atoms with Crippen molar-refractivity contribution >= 4 is 46.4 Å². The number of nitrogens with one attached hydrogen (secondary N) is 2. The first-order valence-electron chi connectivity index (χ1n) is 8.18. The predicted octanol–water partition coefficient (Wildman–Crippen LogP) is 4.96. The summed E-state index contributed by atoms with van der Waals surface area (Å²) in [6, 6.07) is 13.4. The first-order valence-corrected chi connectivity index (χ1v) is 8.94. The van der Waals surface area contributed by atoms with Gasteiger partial charge in [0.1, 0.15) is 11.5 Å². The van der Waals surface area contributed by atoms with Crippen LogP contribution in [0.2, 0.25) is 10.0 Å². The molecule has 0 spiro atoms. The summed E-state index contributed by atoms with van der Waals surface area (Å²) in [6.45, 7) is 0. The maximum absolute atomic E-state index is 13.7. The van der Waals surface area contributed by atoms with Crippen LogP contribution in [0.15, 0.2) is 60.8 Å². The van der Waals surface area contributed by atoms with Gasteiger partial charge in [-0.1, -0.05) is 35.3 Å². The highest BCUT2D eigenvalue weighted by Crippen LogP contribution is 2.27. The third-order valence-corrected chi connectivity index (χ3v) is 4.51. The van der Waals surface area contributed by atoms with E-state index in [1.807, 2.05) is 0 Å². The number of rotatable bonds is 5. The second kappa shape index (κ2) is 8.82. The molecule has 0 radical (unpaired) electrons. The smallest absolute Gasteiger partial charge is 0.274 e. The van der Waals surface area contributed by atoms with Crippen molar-refractivity contribution in [2.45, 2.75) is 6.42 Å². The lowest BCUT2D eigenvalue weighted by Gasteiger charge is -2.13. The Kier molecular flexibility index (Phi) is 6.23. The maximum atomic E-state index is 13.7. The zero-order valence-corrected chi connectivity index (χ0v) is 15.9. The van der Waals surface area contributed by atoms with Crippen molar-refractivity contribution < 1.29 is 14.0 Å². The van der Waals surface area contributed by atoms with E-state index in [1.165, 1.54) is 24.4 Å². The van der Waals surface area contributed by atoms with E-state index in [2.05, 4.69) is 15.6 Å². The van der Waals surface area contributed by atoms with Crippen LogP contribution in [0.5, 0.6) is 0 Å². The summed E-state index contributed by atoms with van der Waals surface area (Å²) < 4.78 is 13.7. The highest BCUT2D eigenvalue weighted by molar-refractivity contribution is 6.36. The lowest BCUT2D eigenvalue weighted by molar-refractivity contribution is -0.115.